The van der Waals surface area contributed by atoms with E-state index in [9.17, 15) is 0 Å². The predicted octanol–water partition coefficient (Wildman–Crippen LogP) is 9.58. The maximum absolute atomic E-state index is 2.68. The number of aryl methyl sites for hydroxylation is 1. The summed E-state index contributed by atoms with van der Waals surface area (Å²) in [5.74, 6) is 8.59. The van der Waals surface area contributed by atoms with E-state index in [0.717, 1.165) is 53.3 Å². The Morgan fingerprint density at radius 1 is 0.656 bits per heavy atom. The van der Waals surface area contributed by atoms with E-state index < -0.39 is 0 Å². The van der Waals surface area contributed by atoms with Gasteiger partial charge < -0.3 is 0 Å². The van der Waals surface area contributed by atoms with Crippen molar-refractivity contribution in [3.8, 4) is 0 Å². The average Bonchev–Trinajstić information content (AvgIpc) is 2.82. The highest BCUT2D eigenvalue weighted by atomic mass is 14.6. The SMILES string of the molecule is CC1CCC(CCc2ccccc2)[C@H]2C(C)C(CCCCC3CCCCC3)[C@@H](C)C(C)C12. The minimum Gasteiger partial charge on any atom is -0.0622 e. The molecule has 1 aromatic carbocycles. The molecule has 3 aliphatic carbocycles. The molecule has 180 valence electrons. The lowest BCUT2D eigenvalue weighted by atomic mass is 9.48. The molecule has 0 N–H and O–H groups in total. The van der Waals surface area contributed by atoms with Gasteiger partial charge in [-0.25, -0.2) is 0 Å². The fraction of sp³-hybridized carbons (Fsp3) is 0.812. The van der Waals surface area contributed by atoms with E-state index in [1.54, 1.807) is 5.56 Å². The molecule has 0 aromatic heterocycles. The van der Waals surface area contributed by atoms with Gasteiger partial charge in [0.1, 0.15) is 0 Å². The third-order valence-electron chi connectivity index (χ3n) is 10.8. The first-order valence-corrected chi connectivity index (χ1v) is 14.6. The molecule has 0 heteroatoms. The Kier molecular flexibility index (Phi) is 8.80. The van der Waals surface area contributed by atoms with Crippen LogP contribution in [0.5, 0.6) is 0 Å². The first-order chi connectivity index (χ1) is 15.6. The van der Waals surface area contributed by atoms with Gasteiger partial charge in [0, 0.05) is 0 Å². The van der Waals surface area contributed by atoms with Crippen LogP contribution >= 0.6 is 0 Å². The summed E-state index contributed by atoms with van der Waals surface area (Å²) in [6.45, 7) is 10.5. The highest BCUT2D eigenvalue weighted by Crippen LogP contribution is 2.57. The van der Waals surface area contributed by atoms with E-state index in [1.165, 1.54) is 83.5 Å². The molecule has 3 aliphatic rings. The van der Waals surface area contributed by atoms with Gasteiger partial charge in [-0.15, -0.1) is 0 Å². The maximum atomic E-state index is 2.68. The third kappa shape index (κ3) is 5.64. The van der Waals surface area contributed by atoms with Crippen LogP contribution < -0.4 is 0 Å². The summed E-state index contributed by atoms with van der Waals surface area (Å²) in [5.41, 5.74) is 1.55. The van der Waals surface area contributed by atoms with Gasteiger partial charge in [-0.3, -0.25) is 0 Å². The highest BCUT2D eigenvalue weighted by Gasteiger charge is 2.50. The van der Waals surface area contributed by atoms with Gasteiger partial charge in [0.15, 0.2) is 0 Å². The van der Waals surface area contributed by atoms with E-state index in [1.807, 2.05) is 0 Å². The number of fused-ring (bicyclic) bond motifs is 1. The van der Waals surface area contributed by atoms with Gasteiger partial charge in [-0.1, -0.05) is 116 Å². The molecule has 1 aromatic rings. The molecule has 0 spiro atoms. The first-order valence-electron chi connectivity index (χ1n) is 14.6. The van der Waals surface area contributed by atoms with Crippen LogP contribution in [-0.2, 0) is 6.42 Å². The lowest BCUT2D eigenvalue weighted by Gasteiger charge is -2.57. The van der Waals surface area contributed by atoms with Crippen LogP contribution in [0.15, 0.2) is 30.3 Å². The van der Waals surface area contributed by atoms with Crippen LogP contribution in [0.4, 0.5) is 0 Å². The predicted molar refractivity (Wildman–Crippen MR) is 140 cm³/mol. The Morgan fingerprint density at radius 2 is 1.38 bits per heavy atom. The summed E-state index contributed by atoms with van der Waals surface area (Å²) in [5, 5.41) is 0. The molecule has 0 amide bonds. The summed E-state index contributed by atoms with van der Waals surface area (Å²) in [7, 11) is 0. The zero-order chi connectivity index (χ0) is 22.5. The molecule has 8 atom stereocenters. The largest absolute Gasteiger partial charge is 0.0622 e. The quantitative estimate of drug-likeness (QED) is 0.356. The van der Waals surface area contributed by atoms with Gasteiger partial charge in [-0.05, 0) is 84.5 Å². The van der Waals surface area contributed by atoms with E-state index in [4.69, 9.17) is 0 Å². The molecule has 0 nitrogen and oxygen atoms in total. The van der Waals surface area contributed by atoms with Gasteiger partial charge in [0.25, 0.3) is 0 Å². The van der Waals surface area contributed by atoms with Crippen molar-refractivity contribution in [1.29, 1.82) is 0 Å². The molecule has 0 aliphatic heterocycles. The van der Waals surface area contributed by atoms with Crippen molar-refractivity contribution < 1.29 is 0 Å². The minimum absolute atomic E-state index is 0.911. The summed E-state index contributed by atoms with van der Waals surface area (Å²) < 4.78 is 0. The van der Waals surface area contributed by atoms with Crippen molar-refractivity contribution in [2.24, 2.45) is 53.3 Å². The van der Waals surface area contributed by atoms with Gasteiger partial charge in [0.2, 0.25) is 0 Å². The molecule has 3 fully saturated rings. The fourth-order valence-corrected chi connectivity index (χ4v) is 8.86. The van der Waals surface area contributed by atoms with Crippen molar-refractivity contribution in [2.75, 3.05) is 0 Å². The van der Waals surface area contributed by atoms with Gasteiger partial charge >= 0.3 is 0 Å². The summed E-state index contributed by atoms with van der Waals surface area (Å²) >= 11 is 0. The van der Waals surface area contributed by atoms with E-state index in [-0.39, 0.29) is 0 Å². The van der Waals surface area contributed by atoms with Crippen LogP contribution in [0.1, 0.15) is 110 Å². The second kappa shape index (κ2) is 11.6. The Morgan fingerprint density at radius 3 is 2.12 bits per heavy atom. The fourth-order valence-electron chi connectivity index (χ4n) is 8.86. The van der Waals surface area contributed by atoms with Crippen LogP contribution in [0, 0.1) is 53.3 Å². The molecular weight excluding hydrogens is 384 g/mol. The number of hydrogen-bond acceptors (Lipinski definition) is 0. The van der Waals surface area contributed by atoms with Crippen molar-refractivity contribution in [3.05, 3.63) is 35.9 Å². The normalized spacial score (nSPS) is 38.4. The minimum atomic E-state index is 0.911. The van der Waals surface area contributed by atoms with Crippen LogP contribution in [-0.4, -0.2) is 0 Å². The molecule has 32 heavy (non-hydrogen) atoms. The molecule has 0 heterocycles. The van der Waals surface area contributed by atoms with Gasteiger partial charge in [0.05, 0.1) is 0 Å². The van der Waals surface area contributed by atoms with E-state index in [2.05, 4.69) is 58.0 Å². The Labute approximate surface area is 200 Å². The Bertz CT molecular complexity index is 656. The van der Waals surface area contributed by atoms with Crippen LogP contribution in [0.2, 0.25) is 0 Å². The Balaban J connectivity index is 1.37. The molecule has 3 saturated carbocycles. The zero-order valence-corrected chi connectivity index (χ0v) is 21.8. The maximum Gasteiger partial charge on any atom is -0.0276 e. The third-order valence-corrected chi connectivity index (χ3v) is 10.8. The standard InChI is InChI=1S/C32H52/c1-23-19-21-29(22-20-28-15-9-6-10-16-28)32-26(4)30(24(2)25(3)31(23)32)18-12-11-17-27-13-7-5-8-14-27/h6,9-10,15-16,23-27,29-32H,5,7-8,11-14,17-22H2,1-4H3/t23?,24-,25?,26?,29?,30?,31?,32+/m0/s1. The van der Waals surface area contributed by atoms with Crippen LogP contribution in [0.3, 0.4) is 0 Å². The lowest BCUT2D eigenvalue weighted by Crippen LogP contribution is -2.50. The van der Waals surface area contributed by atoms with Crippen molar-refractivity contribution in [2.45, 2.75) is 111 Å². The first kappa shape index (κ1) is 24.3. The molecule has 6 unspecified atom stereocenters. The van der Waals surface area contributed by atoms with E-state index in [0.29, 0.717) is 0 Å². The second-order valence-electron chi connectivity index (χ2n) is 12.5. The number of rotatable bonds is 8. The summed E-state index contributed by atoms with van der Waals surface area (Å²) in [6.07, 6.45) is 19.2. The average molecular weight is 437 g/mol. The molecule has 0 saturated heterocycles. The number of hydrogen-bond donors (Lipinski definition) is 0. The second-order valence-corrected chi connectivity index (χ2v) is 12.5. The summed E-state index contributed by atoms with van der Waals surface area (Å²) in [6, 6.07) is 11.3. The summed E-state index contributed by atoms with van der Waals surface area (Å²) in [4.78, 5) is 0. The zero-order valence-electron chi connectivity index (χ0n) is 21.8. The smallest absolute Gasteiger partial charge is 0.0276 e. The number of benzene rings is 1. The number of unbranched alkanes of at least 4 members (excludes halogenated alkanes) is 1. The van der Waals surface area contributed by atoms with Crippen molar-refractivity contribution in [3.63, 3.8) is 0 Å². The molecule has 0 radical (unpaired) electrons. The topological polar surface area (TPSA) is 0 Å². The van der Waals surface area contributed by atoms with E-state index >= 15 is 0 Å². The van der Waals surface area contributed by atoms with Crippen molar-refractivity contribution >= 4 is 0 Å². The lowest BCUT2D eigenvalue weighted by molar-refractivity contribution is -0.0809. The molecular formula is C32H52. The highest BCUT2D eigenvalue weighted by molar-refractivity contribution is 5.15. The molecule has 0 bridgehead atoms. The van der Waals surface area contributed by atoms with Gasteiger partial charge in [-0.2, -0.15) is 0 Å². The monoisotopic (exact) mass is 436 g/mol. The molecule has 4 rings (SSSR count). The van der Waals surface area contributed by atoms with Crippen molar-refractivity contribution in [1.82, 2.24) is 0 Å². The Hall–Kier alpha value is -0.780. The van der Waals surface area contributed by atoms with Crippen LogP contribution in [0.25, 0.3) is 0 Å².